The fourth-order valence-corrected chi connectivity index (χ4v) is 5.58. The van der Waals surface area contributed by atoms with E-state index in [4.69, 9.17) is 5.73 Å². The fourth-order valence-electron chi connectivity index (χ4n) is 5.58. The lowest BCUT2D eigenvalue weighted by Gasteiger charge is -2.45. The van der Waals surface area contributed by atoms with Crippen LogP contribution in [0.25, 0.3) is 0 Å². The summed E-state index contributed by atoms with van der Waals surface area (Å²) in [5.74, 6) is 2.03. The molecule has 27 heavy (non-hydrogen) atoms. The third kappa shape index (κ3) is 4.48. The van der Waals surface area contributed by atoms with Crippen LogP contribution in [0.1, 0.15) is 50.5 Å². The van der Waals surface area contributed by atoms with E-state index in [2.05, 4.69) is 4.90 Å². The molecule has 1 aliphatic heterocycles. The molecule has 4 rings (SSSR count). The van der Waals surface area contributed by atoms with Crippen molar-refractivity contribution in [3.05, 3.63) is 35.6 Å². The van der Waals surface area contributed by atoms with Crippen molar-refractivity contribution in [3.8, 4) is 0 Å². The highest BCUT2D eigenvalue weighted by Crippen LogP contribution is 2.42. The largest absolute Gasteiger partial charge is 0.342 e. The van der Waals surface area contributed by atoms with E-state index in [1.54, 1.807) is 12.1 Å². The summed E-state index contributed by atoms with van der Waals surface area (Å²) in [6.07, 6.45) is 8.43. The van der Waals surface area contributed by atoms with Crippen LogP contribution in [-0.4, -0.2) is 29.9 Å². The first-order valence-electron chi connectivity index (χ1n) is 10.4. The van der Waals surface area contributed by atoms with Crippen molar-refractivity contribution < 1.29 is 9.18 Å². The molecular weight excluding hydrogens is 363 g/mol. The van der Waals surface area contributed by atoms with Crippen LogP contribution in [0.3, 0.4) is 0 Å². The molecule has 3 fully saturated rings. The van der Waals surface area contributed by atoms with Crippen molar-refractivity contribution in [3.63, 3.8) is 0 Å². The van der Waals surface area contributed by atoms with Gasteiger partial charge in [0, 0.05) is 25.0 Å². The molecule has 1 aromatic rings. The molecule has 2 atom stereocenters. The van der Waals surface area contributed by atoms with Gasteiger partial charge in [-0.15, -0.1) is 12.4 Å². The molecule has 2 bridgehead atoms. The lowest BCUT2D eigenvalue weighted by atomic mass is 9.65. The topological polar surface area (TPSA) is 46.3 Å². The Balaban J connectivity index is 0.00000210. The number of fused-ring (bicyclic) bond motifs is 2. The average Bonchev–Trinajstić information content (AvgIpc) is 2.63. The van der Waals surface area contributed by atoms with Crippen LogP contribution in [0.4, 0.5) is 4.39 Å². The van der Waals surface area contributed by atoms with E-state index >= 15 is 0 Å². The smallest absolute Gasteiger partial charge is 0.225 e. The Labute approximate surface area is 168 Å². The van der Waals surface area contributed by atoms with Gasteiger partial charge in [-0.25, -0.2) is 4.39 Å². The van der Waals surface area contributed by atoms with Gasteiger partial charge in [-0.1, -0.05) is 24.6 Å². The summed E-state index contributed by atoms with van der Waals surface area (Å²) in [7, 11) is 0. The van der Waals surface area contributed by atoms with Crippen molar-refractivity contribution in [2.45, 2.75) is 57.4 Å². The molecule has 2 N–H and O–H groups in total. The van der Waals surface area contributed by atoms with E-state index in [0.29, 0.717) is 29.7 Å². The minimum atomic E-state index is -0.101. The number of carbonyl (C=O) groups excluding carboxylic acids is 1. The van der Waals surface area contributed by atoms with Gasteiger partial charge in [0.25, 0.3) is 0 Å². The quantitative estimate of drug-likeness (QED) is 0.835. The van der Waals surface area contributed by atoms with Gasteiger partial charge in [-0.2, -0.15) is 0 Å². The van der Waals surface area contributed by atoms with Crippen LogP contribution < -0.4 is 5.73 Å². The van der Waals surface area contributed by atoms with E-state index in [-0.39, 0.29) is 24.1 Å². The maximum Gasteiger partial charge on any atom is 0.225 e. The SMILES string of the molecule is Cl.NC1C2CCCC1CC(C(=O)N1CCC(Cc3ccccc3F)CC1)C2. The number of piperidine rings is 1. The number of halogens is 2. The monoisotopic (exact) mass is 394 g/mol. The molecule has 1 heterocycles. The molecule has 0 radical (unpaired) electrons. The van der Waals surface area contributed by atoms with Gasteiger partial charge in [0.05, 0.1) is 0 Å². The highest BCUT2D eigenvalue weighted by molar-refractivity contribution is 5.85. The second-order valence-electron chi connectivity index (χ2n) is 8.76. The predicted octanol–water partition coefficient (Wildman–Crippen LogP) is 4.18. The molecule has 2 saturated carbocycles. The van der Waals surface area contributed by atoms with E-state index in [9.17, 15) is 9.18 Å². The third-order valence-electron chi connectivity index (χ3n) is 7.15. The highest BCUT2D eigenvalue weighted by Gasteiger charge is 2.41. The molecule has 2 aliphatic carbocycles. The number of likely N-dealkylation sites (tertiary alicyclic amines) is 1. The Kier molecular flexibility index (Phi) is 6.80. The van der Waals surface area contributed by atoms with Crippen LogP contribution in [0, 0.1) is 29.5 Å². The molecule has 0 spiro atoms. The fraction of sp³-hybridized carbons (Fsp3) is 0.682. The van der Waals surface area contributed by atoms with Gasteiger partial charge in [-0.3, -0.25) is 4.79 Å². The number of amides is 1. The summed E-state index contributed by atoms with van der Waals surface area (Å²) in [5.41, 5.74) is 7.18. The molecule has 0 aromatic heterocycles. The van der Waals surface area contributed by atoms with Crippen LogP contribution in [-0.2, 0) is 11.2 Å². The number of benzene rings is 1. The summed E-state index contributed by atoms with van der Waals surface area (Å²) < 4.78 is 13.9. The van der Waals surface area contributed by atoms with Crippen molar-refractivity contribution in [1.82, 2.24) is 4.90 Å². The number of carbonyl (C=O) groups is 1. The van der Waals surface area contributed by atoms with Crippen molar-refractivity contribution in [2.75, 3.05) is 13.1 Å². The van der Waals surface area contributed by atoms with Crippen molar-refractivity contribution in [1.29, 1.82) is 0 Å². The second kappa shape index (κ2) is 8.91. The lowest BCUT2D eigenvalue weighted by molar-refractivity contribution is -0.140. The molecule has 5 heteroatoms. The maximum absolute atomic E-state index is 13.9. The zero-order valence-electron chi connectivity index (χ0n) is 16.0. The Morgan fingerprint density at radius 3 is 2.33 bits per heavy atom. The van der Waals surface area contributed by atoms with Crippen LogP contribution >= 0.6 is 12.4 Å². The summed E-state index contributed by atoms with van der Waals surface area (Å²) in [5, 5.41) is 0. The number of rotatable bonds is 3. The number of nitrogens with zero attached hydrogens (tertiary/aromatic N) is 1. The molecular formula is C22H32ClFN2O. The number of hydrogen-bond donors (Lipinski definition) is 1. The van der Waals surface area contributed by atoms with E-state index in [1.165, 1.54) is 19.3 Å². The van der Waals surface area contributed by atoms with Gasteiger partial charge < -0.3 is 10.6 Å². The van der Waals surface area contributed by atoms with Gasteiger partial charge >= 0.3 is 0 Å². The molecule has 3 aliphatic rings. The zero-order chi connectivity index (χ0) is 18.1. The van der Waals surface area contributed by atoms with Crippen molar-refractivity contribution in [2.24, 2.45) is 29.4 Å². The van der Waals surface area contributed by atoms with Gasteiger partial charge in [0.1, 0.15) is 5.82 Å². The number of hydrogen-bond acceptors (Lipinski definition) is 2. The van der Waals surface area contributed by atoms with Crippen molar-refractivity contribution >= 4 is 18.3 Å². The molecule has 150 valence electrons. The Hall–Kier alpha value is -1.13. The molecule has 1 aromatic carbocycles. The highest BCUT2D eigenvalue weighted by atomic mass is 35.5. The lowest BCUT2D eigenvalue weighted by Crippen LogP contribution is -2.50. The number of nitrogens with two attached hydrogens (primary N) is 1. The summed E-state index contributed by atoms with van der Waals surface area (Å²) in [6.45, 7) is 1.66. The van der Waals surface area contributed by atoms with Gasteiger partial charge in [0.2, 0.25) is 5.91 Å². The standard InChI is InChI=1S/C22H31FN2O.ClH/c23-20-7-2-1-4-16(20)12-15-8-10-25(11-9-15)22(26)19-13-17-5-3-6-18(14-19)21(17)24;/h1-2,4,7,15,17-19,21H,3,5-6,8-14,24H2;1H. The minimum absolute atomic E-state index is 0. The van der Waals surface area contributed by atoms with Gasteiger partial charge in [-0.05, 0) is 74.3 Å². The first kappa shape index (κ1) is 20.6. The normalized spacial score (nSPS) is 31.3. The average molecular weight is 395 g/mol. The molecule has 3 nitrogen and oxygen atoms in total. The minimum Gasteiger partial charge on any atom is -0.342 e. The summed E-state index contributed by atoms with van der Waals surface area (Å²) >= 11 is 0. The first-order chi connectivity index (χ1) is 12.6. The zero-order valence-corrected chi connectivity index (χ0v) is 16.8. The summed E-state index contributed by atoms with van der Waals surface area (Å²) in [4.78, 5) is 15.1. The molecule has 1 saturated heterocycles. The third-order valence-corrected chi connectivity index (χ3v) is 7.15. The van der Waals surface area contributed by atoms with Gasteiger partial charge in [0.15, 0.2) is 0 Å². The van der Waals surface area contributed by atoms with E-state index in [1.807, 2.05) is 12.1 Å². The Morgan fingerprint density at radius 2 is 1.70 bits per heavy atom. The predicted molar refractivity (Wildman–Crippen MR) is 108 cm³/mol. The van der Waals surface area contributed by atoms with Crippen LogP contribution in [0.15, 0.2) is 24.3 Å². The van der Waals surface area contributed by atoms with E-state index in [0.717, 1.165) is 50.8 Å². The maximum atomic E-state index is 13.9. The van der Waals surface area contributed by atoms with Crippen LogP contribution in [0.2, 0.25) is 0 Å². The first-order valence-corrected chi connectivity index (χ1v) is 10.4. The second-order valence-corrected chi connectivity index (χ2v) is 8.76. The van der Waals surface area contributed by atoms with E-state index < -0.39 is 0 Å². The Bertz CT molecular complexity index is 633. The van der Waals surface area contributed by atoms with Crippen LogP contribution in [0.5, 0.6) is 0 Å². The molecule has 1 amide bonds. The summed E-state index contributed by atoms with van der Waals surface area (Å²) in [6, 6.07) is 7.39. The molecule has 2 unspecified atom stereocenters. The Morgan fingerprint density at radius 1 is 1.07 bits per heavy atom.